The topological polar surface area (TPSA) is 112 Å². The van der Waals surface area contributed by atoms with E-state index in [9.17, 15) is 9.18 Å². The summed E-state index contributed by atoms with van der Waals surface area (Å²) < 4.78 is 22.1. The Balaban J connectivity index is 1.26. The molecule has 0 aliphatic carbocycles. The number of amides is 1. The fraction of sp³-hybridized carbons (Fsp3) is 0.406. The third-order valence-corrected chi connectivity index (χ3v) is 8.23. The zero-order valence-corrected chi connectivity index (χ0v) is 24.2. The first-order valence-corrected chi connectivity index (χ1v) is 14.8. The number of benzene rings is 1. The minimum atomic E-state index is -0.376. The number of nitrogens with one attached hydrogen (secondary N) is 1. The molecule has 0 radical (unpaired) electrons. The molecule has 1 amide bonds. The Hall–Kier alpha value is -4.56. The SMILES string of the molecule is Cc1c(N[C@@H]2CCCN(C(=O)CC#N)C2)nc(-c2cnc3ccc(F)cn23)nc1N1CCC(OCc2ccccc2)CC1. The average Bonchev–Trinajstić information content (AvgIpc) is 3.45. The predicted octanol–water partition coefficient (Wildman–Crippen LogP) is 4.74. The van der Waals surface area contributed by atoms with E-state index in [0.717, 1.165) is 55.7 Å². The number of halogens is 1. The van der Waals surface area contributed by atoms with Gasteiger partial charge >= 0.3 is 0 Å². The highest BCUT2D eigenvalue weighted by atomic mass is 19.1. The molecule has 43 heavy (non-hydrogen) atoms. The highest BCUT2D eigenvalue weighted by Gasteiger charge is 2.28. The second-order valence-corrected chi connectivity index (χ2v) is 11.2. The molecule has 2 fully saturated rings. The second kappa shape index (κ2) is 12.8. The molecule has 4 aromatic rings. The van der Waals surface area contributed by atoms with Crippen LogP contribution in [0.15, 0.2) is 54.9 Å². The van der Waals surface area contributed by atoms with Gasteiger partial charge in [-0.1, -0.05) is 30.3 Å². The average molecular weight is 583 g/mol. The molecule has 2 aliphatic heterocycles. The number of hydrogen-bond donors (Lipinski definition) is 1. The number of nitrogens with zero attached hydrogens (tertiary/aromatic N) is 7. The quantitative estimate of drug-likeness (QED) is 0.317. The molecule has 0 unspecified atom stereocenters. The molecule has 0 bridgehead atoms. The van der Waals surface area contributed by atoms with Gasteiger partial charge in [-0.05, 0) is 50.3 Å². The molecule has 1 atom stereocenters. The summed E-state index contributed by atoms with van der Waals surface area (Å²) in [6.45, 7) is 5.30. The van der Waals surface area contributed by atoms with Crippen molar-refractivity contribution in [2.45, 2.75) is 57.8 Å². The summed E-state index contributed by atoms with van der Waals surface area (Å²) >= 11 is 0. The zero-order chi connectivity index (χ0) is 29.8. The molecule has 10 nitrogen and oxygen atoms in total. The summed E-state index contributed by atoms with van der Waals surface area (Å²) in [6.07, 6.45) is 6.54. The van der Waals surface area contributed by atoms with E-state index in [1.165, 1.54) is 12.3 Å². The Bertz CT molecular complexity index is 1630. The lowest BCUT2D eigenvalue weighted by atomic mass is 10.0. The Kier molecular flexibility index (Phi) is 8.47. The van der Waals surface area contributed by atoms with Crippen LogP contribution in [0, 0.1) is 24.1 Å². The molecule has 222 valence electrons. The van der Waals surface area contributed by atoms with Gasteiger partial charge < -0.3 is 19.9 Å². The monoisotopic (exact) mass is 582 g/mol. The molecule has 3 aromatic heterocycles. The zero-order valence-electron chi connectivity index (χ0n) is 24.2. The van der Waals surface area contributed by atoms with Crippen LogP contribution in [0.1, 0.15) is 43.2 Å². The number of fused-ring (bicyclic) bond motifs is 1. The summed E-state index contributed by atoms with van der Waals surface area (Å²) in [7, 11) is 0. The van der Waals surface area contributed by atoms with Crippen molar-refractivity contribution in [2.24, 2.45) is 0 Å². The normalized spacial score (nSPS) is 17.7. The number of anilines is 2. The summed E-state index contributed by atoms with van der Waals surface area (Å²) in [5, 5.41) is 12.6. The number of piperidine rings is 2. The Morgan fingerprint density at radius 3 is 2.72 bits per heavy atom. The van der Waals surface area contributed by atoms with Gasteiger partial charge in [0.05, 0.1) is 25.0 Å². The van der Waals surface area contributed by atoms with Gasteiger partial charge in [-0.25, -0.2) is 19.3 Å². The van der Waals surface area contributed by atoms with Crippen LogP contribution in [0.3, 0.4) is 0 Å². The first-order chi connectivity index (χ1) is 21.0. The summed E-state index contributed by atoms with van der Waals surface area (Å²) in [5.41, 5.74) is 3.27. The van der Waals surface area contributed by atoms with Crippen molar-refractivity contribution in [3.8, 4) is 17.6 Å². The number of aromatic nitrogens is 4. The predicted molar refractivity (Wildman–Crippen MR) is 161 cm³/mol. The number of rotatable bonds is 8. The van der Waals surface area contributed by atoms with Crippen molar-refractivity contribution in [3.05, 3.63) is 71.8 Å². The first-order valence-electron chi connectivity index (χ1n) is 14.8. The largest absolute Gasteiger partial charge is 0.373 e. The van der Waals surface area contributed by atoms with E-state index in [2.05, 4.69) is 27.3 Å². The second-order valence-electron chi connectivity index (χ2n) is 11.2. The van der Waals surface area contributed by atoms with E-state index in [-0.39, 0.29) is 30.3 Å². The van der Waals surface area contributed by atoms with Crippen molar-refractivity contribution in [3.63, 3.8) is 0 Å². The van der Waals surface area contributed by atoms with Crippen molar-refractivity contribution < 1.29 is 13.9 Å². The number of nitriles is 1. The van der Waals surface area contributed by atoms with Gasteiger partial charge in [0, 0.05) is 44.0 Å². The van der Waals surface area contributed by atoms with E-state index in [0.29, 0.717) is 42.7 Å². The molecule has 1 aromatic carbocycles. The lowest BCUT2D eigenvalue weighted by Crippen LogP contribution is -2.45. The highest BCUT2D eigenvalue weighted by molar-refractivity contribution is 5.78. The van der Waals surface area contributed by atoms with Gasteiger partial charge in [0.1, 0.15) is 35.2 Å². The highest BCUT2D eigenvalue weighted by Crippen LogP contribution is 2.31. The van der Waals surface area contributed by atoms with E-state index in [1.54, 1.807) is 21.6 Å². The maximum atomic E-state index is 14.2. The minimum absolute atomic E-state index is 0.0255. The smallest absolute Gasteiger partial charge is 0.236 e. The van der Waals surface area contributed by atoms with Gasteiger partial charge in [-0.3, -0.25) is 9.20 Å². The molecule has 6 rings (SSSR count). The Morgan fingerprint density at radius 2 is 1.93 bits per heavy atom. The van der Waals surface area contributed by atoms with Gasteiger partial charge in [0.15, 0.2) is 5.82 Å². The number of pyridine rings is 1. The van der Waals surface area contributed by atoms with Gasteiger partial charge in [-0.2, -0.15) is 5.26 Å². The van der Waals surface area contributed by atoms with Crippen molar-refractivity contribution in [1.82, 2.24) is 24.3 Å². The summed E-state index contributed by atoms with van der Waals surface area (Å²) in [5.74, 6) is 1.40. The van der Waals surface area contributed by atoms with Crippen LogP contribution in [0.5, 0.6) is 0 Å². The molecule has 5 heterocycles. The van der Waals surface area contributed by atoms with Crippen LogP contribution in [-0.4, -0.2) is 68.5 Å². The Morgan fingerprint density at radius 1 is 1.12 bits per heavy atom. The molecular formula is C32H35FN8O2. The van der Waals surface area contributed by atoms with Gasteiger partial charge in [0.25, 0.3) is 0 Å². The molecule has 2 saturated heterocycles. The third-order valence-electron chi connectivity index (χ3n) is 8.23. The van der Waals surface area contributed by atoms with E-state index < -0.39 is 0 Å². The lowest BCUT2D eigenvalue weighted by Gasteiger charge is -2.35. The molecule has 2 aliphatic rings. The first kappa shape index (κ1) is 28.6. The van der Waals surface area contributed by atoms with E-state index >= 15 is 0 Å². The van der Waals surface area contributed by atoms with Crippen molar-refractivity contribution in [2.75, 3.05) is 36.4 Å². The number of carbonyl (C=O) groups excluding carboxylic acids is 1. The fourth-order valence-electron chi connectivity index (χ4n) is 5.90. The van der Waals surface area contributed by atoms with Crippen LogP contribution < -0.4 is 10.2 Å². The number of ether oxygens (including phenoxy) is 1. The van der Waals surface area contributed by atoms with Gasteiger partial charge in [0.2, 0.25) is 5.91 Å². The van der Waals surface area contributed by atoms with Crippen LogP contribution >= 0.6 is 0 Å². The van der Waals surface area contributed by atoms with Crippen LogP contribution in [-0.2, 0) is 16.1 Å². The minimum Gasteiger partial charge on any atom is -0.373 e. The number of carbonyl (C=O) groups is 1. The summed E-state index contributed by atoms with van der Waals surface area (Å²) in [4.78, 5) is 30.8. The van der Waals surface area contributed by atoms with E-state index in [4.69, 9.17) is 20.0 Å². The third kappa shape index (κ3) is 6.44. The maximum absolute atomic E-state index is 14.2. The van der Waals surface area contributed by atoms with Crippen LogP contribution in [0.25, 0.3) is 17.2 Å². The van der Waals surface area contributed by atoms with Crippen LogP contribution in [0.4, 0.5) is 16.0 Å². The van der Waals surface area contributed by atoms with Crippen molar-refractivity contribution >= 4 is 23.2 Å². The standard InChI is InChI=1S/C32H35FN8O2/c1-22-30(36-25-8-5-15-40(20-25)29(42)11-14-34)37-31(27-18-35-28-10-9-24(33)19-41(27)28)38-32(22)39-16-12-26(13-17-39)43-21-23-6-3-2-4-7-23/h2-4,6-7,9-10,18-19,25-26H,5,8,11-13,15-17,20-21H2,1H3,(H,36,37,38)/t25-/m1/s1. The maximum Gasteiger partial charge on any atom is 0.236 e. The number of hydrogen-bond acceptors (Lipinski definition) is 8. The fourth-order valence-corrected chi connectivity index (χ4v) is 5.90. The van der Waals surface area contributed by atoms with E-state index in [1.807, 2.05) is 31.2 Å². The molecule has 11 heteroatoms. The molecule has 1 N–H and O–H groups in total. The van der Waals surface area contributed by atoms with Crippen molar-refractivity contribution in [1.29, 1.82) is 5.26 Å². The molecule has 0 spiro atoms. The van der Waals surface area contributed by atoms with Gasteiger partial charge in [-0.15, -0.1) is 0 Å². The lowest BCUT2D eigenvalue weighted by molar-refractivity contribution is -0.131. The molecular weight excluding hydrogens is 547 g/mol. The molecule has 0 saturated carbocycles. The van der Waals surface area contributed by atoms with Crippen LogP contribution in [0.2, 0.25) is 0 Å². The number of imidazole rings is 1. The number of likely N-dealkylation sites (tertiary alicyclic amines) is 1. The summed E-state index contributed by atoms with van der Waals surface area (Å²) in [6, 6.07) is 15.1. The Labute approximate surface area is 250 Å².